The minimum absolute atomic E-state index is 0.155. The van der Waals surface area contributed by atoms with Gasteiger partial charge in [-0.05, 0) is 70.4 Å². The number of esters is 4. The number of halogens is 1. The Hall–Kier alpha value is -4.04. The lowest BCUT2D eigenvalue weighted by Gasteiger charge is -2.48. The smallest absolute Gasteiger partial charge is 0.335 e. The molecule has 2 spiro atoms. The van der Waals surface area contributed by atoms with Crippen LogP contribution in [0.15, 0.2) is 95.2 Å². The van der Waals surface area contributed by atoms with Crippen molar-refractivity contribution in [2.45, 2.75) is 166 Å². The molecule has 10 aliphatic rings. The highest BCUT2D eigenvalue weighted by Gasteiger charge is 2.71. The number of allylic oxidation sites excluding steroid dienone is 6. The number of cyclic esters (lactones) is 2. The Morgan fingerprint density at radius 1 is 0.645 bits per heavy atom. The third-order valence-corrected chi connectivity index (χ3v) is 18.3. The summed E-state index contributed by atoms with van der Waals surface area (Å²) < 4.78 is 48.5. The maximum Gasteiger partial charge on any atom is 0.335 e. The first kappa shape index (κ1) is 58.1. The maximum atomic E-state index is 13.1. The van der Waals surface area contributed by atoms with Crippen LogP contribution >= 0.6 is 15.9 Å². The van der Waals surface area contributed by atoms with E-state index < -0.39 is 96.4 Å². The van der Waals surface area contributed by atoms with Crippen molar-refractivity contribution >= 4 is 39.8 Å². The van der Waals surface area contributed by atoms with Gasteiger partial charge in [0.05, 0.1) is 24.4 Å². The Bertz CT molecular complexity index is 2290. The number of alkyl halides is 1. The number of rotatable bonds is 8. The van der Waals surface area contributed by atoms with Gasteiger partial charge in [-0.3, -0.25) is 0 Å². The lowest BCUT2D eigenvalue weighted by Crippen LogP contribution is -2.57. The molecule has 0 radical (unpaired) electrons. The molecule has 24 atom stereocenters. The van der Waals surface area contributed by atoms with Crippen LogP contribution in [-0.4, -0.2) is 149 Å². The third-order valence-electron chi connectivity index (χ3n) is 18.3. The van der Waals surface area contributed by atoms with Gasteiger partial charge in [0, 0.05) is 84.5 Å². The van der Waals surface area contributed by atoms with Crippen LogP contribution in [0.2, 0.25) is 0 Å². The number of hydrogen-bond donors (Lipinski definition) is 4. The number of aliphatic hydroxyl groups is 4. The van der Waals surface area contributed by atoms with E-state index in [2.05, 4.69) is 40.2 Å². The monoisotopic (exact) mass is 1120 g/mol. The minimum Gasteiger partial charge on any atom is -0.457 e. The molecule has 0 aromatic carbocycles. The standard InChI is InChI=1S/2C29H38O8.CH3Br/c2*1-14-12-15(2)29-19(13-21(34-5)28(33)35-24(14)17(4)30)10-11-20-22(29)23(31)16(3)25(26(20)37-29)36-27(32)18-8-6-7-9-18;1-2/h2*6-8,10-12,14,16-17,19-26,30-31H,9,13H2,1-5H3;1H3/b2*15-12+;/t2*14-,16-,17-,19-,20-,21+,22+,23-,24+,25-,26-,29+;/m11./s1. The first-order valence-corrected chi connectivity index (χ1v) is 28.6. The summed E-state index contributed by atoms with van der Waals surface area (Å²) in [5.74, 6) is -2.76. The fourth-order valence-corrected chi connectivity index (χ4v) is 14.6. The zero-order valence-corrected chi connectivity index (χ0v) is 47.1. The molecule has 17 heteroatoms. The number of carbonyl (C=O) groups is 4. The van der Waals surface area contributed by atoms with Gasteiger partial charge in [-0.15, -0.1) is 0 Å². The number of aliphatic hydroxyl groups excluding tert-OH is 4. The summed E-state index contributed by atoms with van der Waals surface area (Å²) in [6.07, 6.45) is 16.1. The van der Waals surface area contributed by atoms with E-state index in [-0.39, 0.29) is 84.0 Å². The van der Waals surface area contributed by atoms with Gasteiger partial charge >= 0.3 is 23.9 Å². The van der Waals surface area contributed by atoms with Crippen LogP contribution in [0.25, 0.3) is 0 Å². The first-order valence-electron chi connectivity index (χ1n) is 27.0. The zero-order chi connectivity index (χ0) is 55.3. The fourth-order valence-electron chi connectivity index (χ4n) is 14.6. The first-order chi connectivity index (χ1) is 36.2. The van der Waals surface area contributed by atoms with E-state index in [0.717, 1.165) is 11.1 Å². The largest absolute Gasteiger partial charge is 0.457 e. The van der Waals surface area contributed by atoms with Gasteiger partial charge in [0.2, 0.25) is 0 Å². The molecule has 4 N–H and O–H groups in total. The van der Waals surface area contributed by atoms with E-state index in [1.807, 2.05) is 83.8 Å². The molecule has 8 bridgehead atoms. The second-order valence-corrected chi connectivity index (χ2v) is 22.6. The Kier molecular flexibility index (Phi) is 17.9. The molecule has 6 aliphatic carbocycles. The highest BCUT2D eigenvalue weighted by molar-refractivity contribution is 9.08. The van der Waals surface area contributed by atoms with Crippen LogP contribution < -0.4 is 0 Å². The molecule has 2 saturated heterocycles. The van der Waals surface area contributed by atoms with E-state index in [1.165, 1.54) is 14.2 Å². The number of methoxy groups -OCH3 is 2. The van der Waals surface area contributed by atoms with Crippen LogP contribution in [-0.2, 0) is 57.1 Å². The van der Waals surface area contributed by atoms with E-state index in [9.17, 15) is 39.6 Å². The Morgan fingerprint density at radius 2 is 1.01 bits per heavy atom. The molecule has 0 amide bonds. The normalized spacial score (nSPS) is 45.7. The van der Waals surface area contributed by atoms with Crippen LogP contribution in [0.1, 0.15) is 81.1 Å². The van der Waals surface area contributed by atoms with Gasteiger partial charge in [0.25, 0.3) is 0 Å². The second-order valence-electron chi connectivity index (χ2n) is 22.6. The van der Waals surface area contributed by atoms with Crippen molar-refractivity contribution in [3.05, 3.63) is 95.2 Å². The quantitative estimate of drug-likeness (QED) is 0.0906. The van der Waals surface area contributed by atoms with Gasteiger partial charge in [0.15, 0.2) is 12.2 Å². The van der Waals surface area contributed by atoms with Crippen molar-refractivity contribution in [1.29, 1.82) is 0 Å². The van der Waals surface area contributed by atoms with Crippen molar-refractivity contribution in [3.63, 3.8) is 0 Å². The molecule has 16 nitrogen and oxygen atoms in total. The molecule has 418 valence electrons. The molecule has 4 heterocycles. The molecule has 0 aromatic heterocycles. The highest BCUT2D eigenvalue weighted by Crippen LogP contribution is 2.63. The molecule has 2 saturated carbocycles. The van der Waals surface area contributed by atoms with Crippen LogP contribution in [0.5, 0.6) is 0 Å². The van der Waals surface area contributed by atoms with E-state index in [0.29, 0.717) is 24.0 Å². The van der Waals surface area contributed by atoms with Gasteiger partial charge in [-0.25, -0.2) is 19.2 Å². The predicted molar refractivity (Wildman–Crippen MR) is 283 cm³/mol. The summed E-state index contributed by atoms with van der Waals surface area (Å²) in [6.45, 7) is 14.8. The Balaban J connectivity index is 0.000000195. The number of ether oxygens (including phenoxy) is 8. The second kappa shape index (κ2) is 23.3. The topological polar surface area (TPSA) is 223 Å². The average molecular weight is 1120 g/mol. The van der Waals surface area contributed by atoms with E-state index in [1.54, 1.807) is 26.0 Å². The zero-order valence-electron chi connectivity index (χ0n) is 45.5. The molecular formula is C59H79BrO16. The van der Waals surface area contributed by atoms with Crippen molar-refractivity contribution in [2.24, 2.45) is 59.2 Å². The Morgan fingerprint density at radius 3 is 1.33 bits per heavy atom. The van der Waals surface area contributed by atoms with Gasteiger partial charge in [-0.1, -0.05) is 117 Å². The highest BCUT2D eigenvalue weighted by atomic mass is 79.9. The lowest BCUT2D eigenvalue weighted by atomic mass is 9.57. The molecule has 4 aliphatic heterocycles. The van der Waals surface area contributed by atoms with E-state index in [4.69, 9.17) is 37.9 Å². The fraction of sp³-hybridized carbons (Fsp3) is 0.661. The summed E-state index contributed by atoms with van der Waals surface area (Å²) in [7, 11) is 2.94. The number of carbonyl (C=O) groups excluding carboxylic acids is 4. The average Bonchev–Trinajstić information content (AvgIpc) is 4.35. The van der Waals surface area contributed by atoms with Crippen molar-refractivity contribution in [1.82, 2.24) is 0 Å². The van der Waals surface area contributed by atoms with Crippen LogP contribution in [0.4, 0.5) is 0 Å². The van der Waals surface area contributed by atoms with Crippen LogP contribution in [0, 0.1) is 59.2 Å². The predicted octanol–water partition coefficient (Wildman–Crippen LogP) is 6.30. The summed E-state index contributed by atoms with van der Waals surface area (Å²) in [6, 6.07) is 0. The van der Waals surface area contributed by atoms with Crippen molar-refractivity contribution in [3.8, 4) is 0 Å². The molecule has 0 aromatic rings. The van der Waals surface area contributed by atoms with Crippen molar-refractivity contribution < 1.29 is 77.5 Å². The van der Waals surface area contributed by atoms with Gasteiger partial charge in [-0.2, -0.15) is 0 Å². The summed E-state index contributed by atoms with van der Waals surface area (Å²) in [5.41, 5.74) is 1.16. The summed E-state index contributed by atoms with van der Waals surface area (Å²) in [4.78, 5) is 52.0. The van der Waals surface area contributed by atoms with Gasteiger partial charge in [0.1, 0.15) is 47.8 Å². The van der Waals surface area contributed by atoms with E-state index >= 15 is 0 Å². The molecule has 0 unspecified atom stereocenters. The molecule has 76 heavy (non-hydrogen) atoms. The third kappa shape index (κ3) is 10.0. The summed E-state index contributed by atoms with van der Waals surface area (Å²) >= 11 is 2.94. The SMILES string of the molecule is CBr.CO[C@H]1C[C@H]2C=C[C@H]3[C@H]4O[C@]2(/C(C)=C/[C@@H](C)[C@@H]([C@@H](C)O)OC1=O)[C@@H]3[C@H](O)[C@@H](C)[C@H]4OC(=O)C1=CC=CC1.CO[C@H]1C[C@H]2C=C[C@H]3[C@H]4O[C@]2(/C(C)=C/[C@@H](C)[C@@H]([C@@H](C)O)OC1=O)[C@@H]3[C@H](O)[C@@H](C)[C@H]4OC(=O)C1=CC=CC1. The number of hydrogen-bond acceptors (Lipinski definition) is 16. The van der Waals surface area contributed by atoms with Crippen LogP contribution in [0.3, 0.4) is 0 Å². The molecule has 10 rings (SSSR count). The molecular weight excluding hydrogens is 1040 g/mol. The maximum absolute atomic E-state index is 13.1. The molecule has 4 fully saturated rings. The summed E-state index contributed by atoms with van der Waals surface area (Å²) in [5, 5.41) is 44.2. The van der Waals surface area contributed by atoms with Gasteiger partial charge < -0.3 is 58.3 Å². The lowest BCUT2D eigenvalue weighted by molar-refractivity contribution is -0.173. The Labute approximate surface area is 455 Å². The minimum atomic E-state index is -0.918. The van der Waals surface area contributed by atoms with Crippen molar-refractivity contribution in [2.75, 3.05) is 20.1 Å².